The summed E-state index contributed by atoms with van der Waals surface area (Å²) in [6.07, 6.45) is 5.79. The first-order valence-electron chi connectivity index (χ1n) is 8.07. The van der Waals surface area contributed by atoms with Crippen LogP contribution >= 0.6 is 0 Å². The van der Waals surface area contributed by atoms with E-state index >= 15 is 0 Å². The van der Waals surface area contributed by atoms with E-state index in [1.54, 1.807) is 24.4 Å². The molecule has 0 aliphatic heterocycles. The Kier molecular flexibility index (Phi) is 3.65. The second kappa shape index (κ2) is 5.96. The zero-order valence-corrected chi connectivity index (χ0v) is 13.1. The molecule has 2 N–H and O–H groups in total. The Balaban J connectivity index is 1.52. The van der Waals surface area contributed by atoms with Crippen LogP contribution in [0.1, 0.15) is 40.2 Å². The number of rotatable bonds is 3. The molecule has 1 aliphatic carbocycles. The minimum atomic E-state index is -0.356. The van der Waals surface area contributed by atoms with Gasteiger partial charge in [0.2, 0.25) is 0 Å². The number of hydrogen-bond donors (Lipinski definition) is 2. The Labute approximate surface area is 137 Å². The van der Waals surface area contributed by atoms with E-state index < -0.39 is 0 Å². The van der Waals surface area contributed by atoms with Crippen molar-refractivity contribution in [2.45, 2.75) is 32.2 Å². The lowest BCUT2D eigenvalue weighted by Crippen LogP contribution is -2.27. The fourth-order valence-electron chi connectivity index (χ4n) is 3.10. The average molecular weight is 323 g/mol. The third kappa shape index (κ3) is 2.71. The second-order valence-electron chi connectivity index (χ2n) is 6.01. The summed E-state index contributed by atoms with van der Waals surface area (Å²) in [5.74, 6) is -0.164. The Morgan fingerprint density at radius 3 is 3.04 bits per heavy atom. The van der Waals surface area contributed by atoms with Gasteiger partial charge in [-0.2, -0.15) is 0 Å². The number of nitrogens with zero attached hydrogens (tertiary/aromatic N) is 1. The minimum Gasteiger partial charge on any atom is -0.449 e. The Bertz CT molecular complexity index is 938. The Hall–Kier alpha value is -2.89. The van der Waals surface area contributed by atoms with Crippen LogP contribution in [0, 0.1) is 0 Å². The van der Waals surface area contributed by atoms with Crippen LogP contribution in [-0.4, -0.2) is 15.9 Å². The zero-order valence-electron chi connectivity index (χ0n) is 13.1. The fourth-order valence-corrected chi connectivity index (χ4v) is 3.10. The van der Waals surface area contributed by atoms with Crippen molar-refractivity contribution in [3.8, 4) is 0 Å². The number of amides is 1. The van der Waals surface area contributed by atoms with Gasteiger partial charge in [-0.1, -0.05) is 0 Å². The number of fused-ring (bicyclic) bond motifs is 2. The number of hydrogen-bond acceptors (Lipinski definition) is 4. The van der Waals surface area contributed by atoms with Crippen LogP contribution in [0.15, 0.2) is 39.7 Å². The van der Waals surface area contributed by atoms with Gasteiger partial charge in [-0.15, -0.1) is 0 Å². The van der Waals surface area contributed by atoms with Crippen molar-refractivity contribution in [1.82, 2.24) is 15.3 Å². The highest BCUT2D eigenvalue weighted by molar-refractivity contribution is 5.95. The van der Waals surface area contributed by atoms with E-state index in [0.29, 0.717) is 16.7 Å². The first kappa shape index (κ1) is 14.7. The number of nitrogens with one attached hydrogen (secondary N) is 2. The molecular weight excluding hydrogens is 306 g/mol. The number of carbonyl (C=O) groups is 1. The lowest BCUT2D eigenvalue weighted by atomic mass is 9.95. The van der Waals surface area contributed by atoms with Crippen molar-refractivity contribution in [3.05, 3.63) is 63.4 Å². The number of aromatic amines is 1. The molecule has 0 bridgehead atoms. The first-order chi connectivity index (χ1) is 11.7. The topological polar surface area (TPSA) is 88.0 Å². The standard InChI is InChI=1S/C18H17N3O3/c22-17-12(8-11-4-1-2-5-13(11)21-17)10-20-18(23)16-9-14-15(24-16)6-3-7-19-14/h3,6-9H,1-2,4-5,10H2,(H,20,23)(H,21,22). The summed E-state index contributed by atoms with van der Waals surface area (Å²) in [5.41, 5.74) is 3.84. The molecule has 3 aromatic rings. The molecule has 0 fully saturated rings. The van der Waals surface area contributed by atoms with Crippen molar-refractivity contribution < 1.29 is 9.21 Å². The summed E-state index contributed by atoms with van der Waals surface area (Å²) in [7, 11) is 0. The first-order valence-corrected chi connectivity index (χ1v) is 8.07. The molecule has 6 nitrogen and oxygen atoms in total. The molecular formula is C18H17N3O3. The molecule has 0 atom stereocenters. The molecule has 0 radical (unpaired) electrons. The average Bonchev–Trinajstić information content (AvgIpc) is 3.04. The smallest absolute Gasteiger partial charge is 0.287 e. The van der Waals surface area contributed by atoms with Crippen molar-refractivity contribution >= 4 is 17.0 Å². The van der Waals surface area contributed by atoms with Crippen LogP contribution in [0.4, 0.5) is 0 Å². The molecule has 4 rings (SSSR count). The van der Waals surface area contributed by atoms with Crippen molar-refractivity contribution in [1.29, 1.82) is 0 Å². The molecule has 0 saturated heterocycles. The van der Waals surface area contributed by atoms with Crippen molar-refractivity contribution in [2.75, 3.05) is 0 Å². The van der Waals surface area contributed by atoms with E-state index in [9.17, 15) is 9.59 Å². The largest absolute Gasteiger partial charge is 0.449 e. The lowest BCUT2D eigenvalue weighted by Gasteiger charge is -2.16. The number of furan rings is 1. The molecule has 24 heavy (non-hydrogen) atoms. The quantitative estimate of drug-likeness (QED) is 0.774. The predicted octanol–water partition coefficient (Wildman–Crippen LogP) is 2.32. The molecule has 1 aliphatic rings. The molecule has 3 heterocycles. The van der Waals surface area contributed by atoms with Gasteiger partial charge in [0.25, 0.3) is 11.5 Å². The van der Waals surface area contributed by atoms with Gasteiger partial charge in [0.05, 0.1) is 0 Å². The van der Waals surface area contributed by atoms with E-state index in [4.69, 9.17) is 4.42 Å². The van der Waals surface area contributed by atoms with Crippen LogP contribution in [-0.2, 0) is 19.4 Å². The van der Waals surface area contributed by atoms with Gasteiger partial charge in [0.15, 0.2) is 11.3 Å². The monoisotopic (exact) mass is 323 g/mol. The highest BCUT2D eigenvalue weighted by Crippen LogP contribution is 2.19. The van der Waals surface area contributed by atoms with Crippen LogP contribution in [0.3, 0.4) is 0 Å². The van der Waals surface area contributed by atoms with E-state index in [1.165, 1.54) is 5.56 Å². The second-order valence-corrected chi connectivity index (χ2v) is 6.01. The molecule has 6 heteroatoms. The normalized spacial score (nSPS) is 13.7. The van der Waals surface area contributed by atoms with Gasteiger partial charge in [-0.05, 0) is 49.4 Å². The summed E-state index contributed by atoms with van der Waals surface area (Å²) < 4.78 is 5.48. The van der Waals surface area contributed by atoms with Crippen molar-refractivity contribution in [3.63, 3.8) is 0 Å². The fraction of sp³-hybridized carbons (Fsp3) is 0.278. The Morgan fingerprint density at radius 2 is 2.17 bits per heavy atom. The van der Waals surface area contributed by atoms with E-state index in [0.717, 1.165) is 31.4 Å². The number of aromatic nitrogens is 2. The third-order valence-corrected chi connectivity index (χ3v) is 4.37. The maximum atomic E-state index is 12.2. The molecule has 122 valence electrons. The van der Waals surface area contributed by atoms with Crippen LogP contribution in [0.5, 0.6) is 0 Å². The van der Waals surface area contributed by atoms with E-state index in [1.807, 2.05) is 6.07 Å². The molecule has 0 saturated carbocycles. The molecule has 0 unspecified atom stereocenters. The summed E-state index contributed by atoms with van der Waals surface area (Å²) in [6, 6.07) is 7.02. The van der Waals surface area contributed by atoms with E-state index in [-0.39, 0.29) is 23.8 Å². The summed E-state index contributed by atoms with van der Waals surface area (Å²) in [5, 5.41) is 2.74. The minimum absolute atomic E-state index is 0.137. The molecule has 3 aromatic heterocycles. The summed E-state index contributed by atoms with van der Waals surface area (Å²) in [6.45, 7) is 0.173. The van der Waals surface area contributed by atoms with E-state index in [2.05, 4.69) is 15.3 Å². The number of aryl methyl sites for hydroxylation is 2. The van der Waals surface area contributed by atoms with Gasteiger partial charge in [0, 0.05) is 30.1 Å². The molecule has 1 amide bonds. The third-order valence-electron chi connectivity index (χ3n) is 4.37. The van der Waals surface area contributed by atoms with Gasteiger partial charge in [-0.3, -0.25) is 14.6 Å². The molecule has 0 spiro atoms. The van der Waals surface area contributed by atoms with Gasteiger partial charge in [-0.25, -0.2) is 0 Å². The Morgan fingerprint density at radius 1 is 1.29 bits per heavy atom. The SMILES string of the molecule is O=C(NCc1cc2c([nH]c1=O)CCCC2)c1cc2ncccc2o1. The maximum Gasteiger partial charge on any atom is 0.287 e. The molecule has 0 aromatic carbocycles. The highest BCUT2D eigenvalue weighted by atomic mass is 16.3. The highest BCUT2D eigenvalue weighted by Gasteiger charge is 2.15. The van der Waals surface area contributed by atoms with Crippen LogP contribution in [0.25, 0.3) is 11.1 Å². The van der Waals surface area contributed by atoms with Gasteiger partial charge in [0.1, 0.15) is 5.52 Å². The van der Waals surface area contributed by atoms with Gasteiger partial charge < -0.3 is 14.7 Å². The number of pyridine rings is 2. The lowest BCUT2D eigenvalue weighted by molar-refractivity contribution is 0.0925. The number of H-pyrrole nitrogens is 1. The maximum absolute atomic E-state index is 12.2. The van der Waals surface area contributed by atoms with Crippen LogP contribution < -0.4 is 10.9 Å². The van der Waals surface area contributed by atoms with Gasteiger partial charge >= 0.3 is 0 Å². The summed E-state index contributed by atoms with van der Waals surface area (Å²) >= 11 is 0. The number of carbonyl (C=O) groups excluding carboxylic acids is 1. The zero-order chi connectivity index (χ0) is 16.5. The predicted molar refractivity (Wildman–Crippen MR) is 88.9 cm³/mol. The summed E-state index contributed by atoms with van der Waals surface area (Å²) in [4.78, 5) is 31.5. The van der Waals surface area contributed by atoms with Crippen molar-refractivity contribution in [2.24, 2.45) is 0 Å². The van der Waals surface area contributed by atoms with Crippen LogP contribution in [0.2, 0.25) is 0 Å².